The summed E-state index contributed by atoms with van der Waals surface area (Å²) in [5, 5.41) is 11.1. The van der Waals surface area contributed by atoms with Crippen LogP contribution in [-0.2, 0) is 30.7 Å². The summed E-state index contributed by atoms with van der Waals surface area (Å²) in [4.78, 5) is 38.9. The Bertz CT molecular complexity index is 1390. The van der Waals surface area contributed by atoms with Crippen molar-refractivity contribution in [2.45, 2.75) is 18.4 Å². The van der Waals surface area contributed by atoms with E-state index < -0.39 is 32.4 Å². The summed E-state index contributed by atoms with van der Waals surface area (Å²) in [6.45, 7) is 1.47. The summed E-state index contributed by atoms with van der Waals surface area (Å²) < 4.78 is 36.9. The molecule has 0 aliphatic rings. The minimum Gasteiger partial charge on any atom is -0.497 e. The van der Waals surface area contributed by atoms with Crippen molar-refractivity contribution in [2.24, 2.45) is 4.99 Å². The van der Waals surface area contributed by atoms with Crippen LogP contribution in [0.5, 0.6) is 5.75 Å². The molecule has 0 fully saturated rings. The topological polar surface area (TPSA) is 147 Å². The molecule has 174 valence electrons. The van der Waals surface area contributed by atoms with E-state index in [4.69, 9.17) is 9.47 Å². The van der Waals surface area contributed by atoms with Crippen molar-refractivity contribution in [1.82, 2.24) is 4.57 Å². The molecule has 0 N–H and O–H groups in total. The molecule has 0 saturated heterocycles. The number of nitrogens with zero attached hydrogens (tertiary/aromatic N) is 3. The number of aromatic nitrogens is 1. The Morgan fingerprint density at radius 3 is 2.48 bits per heavy atom. The number of hydrogen-bond acceptors (Lipinski definition) is 9. The molecular weight excluding hydrogens is 474 g/mol. The number of non-ortho nitro benzene ring substituents is 1. The van der Waals surface area contributed by atoms with Crippen molar-refractivity contribution in [1.29, 1.82) is 0 Å². The molecule has 1 amide bonds. The predicted octanol–water partition coefficient (Wildman–Crippen LogP) is 2.08. The van der Waals surface area contributed by atoms with Gasteiger partial charge >= 0.3 is 5.97 Å². The average molecular weight is 494 g/mol. The maximum absolute atomic E-state index is 12.6. The molecule has 1 heterocycles. The first-order valence-corrected chi connectivity index (χ1v) is 12.0. The van der Waals surface area contributed by atoms with Crippen LogP contribution in [0, 0.1) is 10.1 Å². The average Bonchev–Trinajstić information content (AvgIpc) is 3.09. The number of esters is 1. The highest BCUT2D eigenvalue weighted by atomic mass is 32.2. The van der Waals surface area contributed by atoms with Gasteiger partial charge < -0.3 is 14.0 Å². The summed E-state index contributed by atoms with van der Waals surface area (Å²) in [6.07, 6.45) is 0. The SMILES string of the molecule is CCOC(=O)Cn1c(=NC(=O)CS(=O)(=O)c2ccc(OC)cc2)sc2cc([N+](=O)[O-])ccc21. The fraction of sp³-hybridized carbons (Fsp3) is 0.250. The second kappa shape index (κ2) is 9.92. The zero-order valence-corrected chi connectivity index (χ0v) is 19.2. The van der Waals surface area contributed by atoms with Crippen molar-refractivity contribution in [3.8, 4) is 5.75 Å². The van der Waals surface area contributed by atoms with Gasteiger partial charge in [0.25, 0.3) is 11.6 Å². The second-order valence-corrected chi connectivity index (χ2v) is 9.62. The van der Waals surface area contributed by atoms with E-state index in [0.29, 0.717) is 16.0 Å². The number of amides is 1. The van der Waals surface area contributed by atoms with Crippen LogP contribution in [0.4, 0.5) is 5.69 Å². The standard InChI is InChI=1S/C20H19N3O8S2/c1-3-31-19(25)11-22-16-9-4-13(23(26)27)10-17(16)32-20(22)21-18(24)12-33(28,29)15-7-5-14(30-2)6-8-15/h4-10H,3,11-12H2,1-2H3. The molecule has 11 nitrogen and oxygen atoms in total. The fourth-order valence-electron chi connectivity index (χ4n) is 2.92. The molecule has 0 saturated carbocycles. The molecule has 0 aliphatic carbocycles. The van der Waals surface area contributed by atoms with E-state index in [9.17, 15) is 28.1 Å². The number of sulfone groups is 1. The Hall–Kier alpha value is -3.58. The van der Waals surface area contributed by atoms with Gasteiger partial charge in [-0.3, -0.25) is 19.7 Å². The van der Waals surface area contributed by atoms with Crippen LogP contribution in [-0.4, -0.2) is 49.3 Å². The van der Waals surface area contributed by atoms with E-state index in [0.717, 1.165) is 11.3 Å². The van der Waals surface area contributed by atoms with Gasteiger partial charge in [-0.1, -0.05) is 11.3 Å². The summed E-state index contributed by atoms with van der Waals surface area (Å²) in [6, 6.07) is 9.54. The van der Waals surface area contributed by atoms with E-state index in [1.54, 1.807) is 6.92 Å². The summed E-state index contributed by atoms with van der Waals surface area (Å²) in [5.41, 5.74) is 0.246. The summed E-state index contributed by atoms with van der Waals surface area (Å²) in [7, 11) is -2.54. The lowest BCUT2D eigenvalue weighted by molar-refractivity contribution is -0.384. The Morgan fingerprint density at radius 1 is 1.18 bits per heavy atom. The van der Waals surface area contributed by atoms with Gasteiger partial charge in [-0.25, -0.2) is 8.42 Å². The Labute approximate surface area is 192 Å². The molecule has 0 atom stereocenters. The van der Waals surface area contributed by atoms with Crippen LogP contribution in [0.15, 0.2) is 52.4 Å². The Morgan fingerprint density at radius 2 is 1.88 bits per heavy atom. The minimum atomic E-state index is -3.98. The molecule has 3 aromatic rings. The lowest BCUT2D eigenvalue weighted by Crippen LogP contribution is -2.24. The smallest absolute Gasteiger partial charge is 0.326 e. The summed E-state index contributed by atoms with van der Waals surface area (Å²) >= 11 is 0.923. The predicted molar refractivity (Wildman–Crippen MR) is 119 cm³/mol. The summed E-state index contributed by atoms with van der Waals surface area (Å²) in [5.74, 6) is -1.99. The van der Waals surface area contributed by atoms with Gasteiger partial charge in [-0.2, -0.15) is 4.99 Å². The van der Waals surface area contributed by atoms with Crippen LogP contribution in [0.25, 0.3) is 10.2 Å². The lowest BCUT2D eigenvalue weighted by atomic mass is 10.3. The monoisotopic (exact) mass is 493 g/mol. The van der Waals surface area contributed by atoms with Gasteiger partial charge in [0, 0.05) is 12.1 Å². The number of rotatable bonds is 8. The highest BCUT2D eigenvalue weighted by Gasteiger charge is 2.21. The maximum Gasteiger partial charge on any atom is 0.326 e. The number of benzene rings is 2. The molecule has 33 heavy (non-hydrogen) atoms. The molecular formula is C20H19N3O8S2. The number of methoxy groups -OCH3 is 1. The Balaban J connectivity index is 2.00. The van der Waals surface area contributed by atoms with Crippen molar-refractivity contribution in [2.75, 3.05) is 19.5 Å². The number of ether oxygens (including phenoxy) is 2. The Kier molecular flexibility index (Phi) is 7.23. The van der Waals surface area contributed by atoms with Crippen molar-refractivity contribution >= 4 is 49.0 Å². The van der Waals surface area contributed by atoms with Gasteiger partial charge in [0.1, 0.15) is 18.0 Å². The first-order chi connectivity index (χ1) is 15.6. The van der Waals surface area contributed by atoms with E-state index >= 15 is 0 Å². The van der Waals surface area contributed by atoms with Gasteiger partial charge in [0.05, 0.1) is 33.8 Å². The van der Waals surface area contributed by atoms with Gasteiger partial charge in [0.2, 0.25) is 0 Å². The van der Waals surface area contributed by atoms with Gasteiger partial charge in [0.15, 0.2) is 14.6 Å². The van der Waals surface area contributed by atoms with Crippen molar-refractivity contribution < 1.29 is 32.4 Å². The number of hydrogen-bond donors (Lipinski definition) is 0. The van der Waals surface area contributed by atoms with E-state index in [1.165, 1.54) is 54.1 Å². The number of thiazole rings is 1. The van der Waals surface area contributed by atoms with Crippen LogP contribution >= 0.6 is 11.3 Å². The largest absolute Gasteiger partial charge is 0.497 e. The number of carbonyl (C=O) groups is 2. The second-order valence-electron chi connectivity index (χ2n) is 6.63. The maximum atomic E-state index is 12.6. The van der Waals surface area contributed by atoms with E-state index in [2.05, 4.69) is 4.99 Å². The lowest BCUT2D eigenvalue weighted by Gasteiger charge is -2.05. The zero-order chi connectivity index (χ0) is 24.2. The molecule has 0 spiro atoms. The van der Waals surface area contributed by atoms with Crippen LogP contribution in [0.2, 0.25) is 0 Å². The third kappa shape index (κ3) is 5.62. The fourth-order valence-corrected chi connectivity index (χ4v) is 5.10. The zero-order valence-electron chi connectivity index (χ0n) is 17.6. The molecule has 3 rings (SSSR count). The van der Waals surface area contributed by atoms with Crippen LogP contribution in [0.1, 0.15) is 6.92 Å². The molecule has 0 unspecified atom stereocenters. The molecule has 1 aromatic heterocycles. The number of nitro benzene ring substituents is 1. The number of nitro groups is 1. The minimum absolute atomic E-state index is 0.0217. The number of fused-ring (bicyclic) bond motifs is 1. The normalized spacial score (nSPS) is 12.0. The molecule has 0 bridgehead atoms. The first-order valence-electron chi connectivity index (χ1n) is 9.52. The third-order valence-electron chi connectivity index (χ3n) is 4.42. The van der Waals surface area contributed by atoms with Gasteiger partial charge in [-0.15, -0.1) is 0 Å². The van der Waals surface area contributed by atoms with Crippen LogP contribution < -0.4 is 9.54 Å². The van der Waals surface area contributed by atoms with Crippen molar-refractivity contribution in [3.63, 3.8) is 0 Å². The highest BCUT2D eigenvalue weighted by Crippen LogP contribution is 2.23. The molecule has 13 heteroatoms. The van der Waals surface area contributed by atoms with E-state index in [-0.39, 0.29) is 28.5 Å². The highest BCUT2D eigenvalue weighted by molar-refractivity contribution is 7.92. The van der Waals surface area contributed by atoms with Crippen molar-refractivity contribution in [3.05, 3.63) is 57.4 Å². The van der Waals surface area contributed by atoms with E-state index in [1.807, 2.05) is 0 Å². The molecule has 0 radical (unpaired) electrons. The molecule has 0 aliphatic heterocycles. The van der Waals surface area contributed by atoms with Gasteiger partial charge in [-0.05, 0) is 37.3 Å². The quantitative estimate of drug-likeness (QED) is 0.263. The van der Waals surface area contributed by atoms with Crippen LogP contribution in [0.3, 0.4) is 0 Å². The molecule has 2 aromatic carbocycles. The third-order valence-corrected chi connectivity index (χ3v) is 7.08. The number of carbonyl (C=O) groups excluding carboxylic acids is 2. The first kappa shape index (κ1) is 24.1.